The Morgan fingerprint density at radius 2 is 1.74 bits per heavy atom. The zero-order valence-electron chi connectivity index (χ0n) is 22.3. The minimum atomic E-state index is -0.338. The summed E-state index contributed by atoms with van der Waals surface area (Å²) in [5.74, 6) is 1.35. The Bertz CT molecular complexity index is 747. The number of ether oxygens (including phenoxy) is 2. The summed E-state index contributed by atoms with van der Waals surface area (Å²) in [6, 6.07) is 0. The Hall–Kier alpha value is -1.34. The summed E-state index contributed by atoms with van der Waals surface area (Å²) in [7, 11) is 3.16. The van der Waals surface area contributed by atoms with Gasteiger partial charge in [0.15, 0.2) is 0 Å². The van der Waals surface area contributed by atoms with Crippen LogP contribution in [0.25, 0.3) is 0 Å². The van der Waals surface area contributed by atoms with Gasteiger partial charge >= 0.3 is 12.1 Å². The minimum absolute atomic E-state index is 0.0471. The Balaban J connectivity index is 0.00000158. The van der Waals surface area contributed by atoms with Gasteiger partial charge in [0, 0.05) is 19.1 Å². The summed E-state index contributed by atoms with van der Waals surface area (Å²) < 4.78 is 11.0. The molecule has 0 aromatic rings. The van der Waals surface area contributed by atoms with Crippen LogP contribution in [-0.2, 0) is 14.3 Å². The molecular formula is C27H48N2O5. The van der Waals surface area contributed by atoms with Crippen molar-refractivity contribution in [2.24, 2.45) is 40.2 Å². The standard InChI is InChI=1S/C25H42N2O5.C2H6/c1-23-10-7-17(32-22(30)27(3)13-14-28)15-16(23)5-6-19-18(23)8-11-24(2)20(21(29)31-4)9-12-25(19,24)26;1-2/h16-20,28H,5-15,26H2,1-4H3;1-2H3. The van der Waals surface area contributed by atoms with Crippen LogP contribution in [0.1, 0.15) is 85.5 Å². The average Bonchev–Trinajstić information content (AvgIpc) is 3.11. The maximum absolute atomic E-state index is 12.5. The van der Waals surface area contributed by atoms with Gasteiger partial charge < -0.3 is 25.2 Å². The number of likely N-dealkylation sites (N-methyl/N-ethyl adjacent to an activating group) is 1. The molecule has 196 valence electrons. The number of aliphatic hydroxyl groups excluding tert-OH is 1. The SMILES string of the molecule is CC.COC(=O)C1CCC2(N)C3CCC4CC(OC(=O)N(C)CCO)CCC4(C)C3CCC12C. The van der Waals surface area contributed by atoms with E-state index in [0.29, 0.717) is 24.3 Å². The van der Waals surface area contributed by atoms with E-state index in [1.54, 1.807) is 7.05 Å². The van der Waals surface area contributed by atoms with Crippen LogP contribution in [0.3, 0.4) is 0 Å². The van der Waals surface area contributed by atoms with Crippen LogP contribution in [0, 0.1) is 34.5 Å². The van der Waals surface area contributed by atoms with Crippen molar-refractivity contribution in [2.75, 3.05) is 27.3 Å². The molecule has 0 bridgehead atoms. The molecule has 4 saturated carbocycles. The number of esters is 1. The lowest BCUT2D eigenvalue weighted by atomic mass is 9.42. The Morgan fingerprint density at radius 3 is 2.38 bits per heavy atom. The van der Waals surface area contributed by atoms with Crippen LogP contribution in [0.15, 0.2) is 0 Å². The lowest BCUT2D eigenvalue weighted by Gasteiger charge is -2.64. The second kappa shape index (κ2) is 10.3. The number of methoxy groups -OCH3 is 1. The van der Waals surface area contributed by atoms with Gasteiger partial charge in [0.2, 0.25) is 0 Å². The first-order valence-corrected chi connectivity index (χ1v) is 13.5. The van der Waals surface area contributed by atoms with Gasteiger partial charge in [-0.2, -0.15) is 0 Å². The third-order valence-corrected chi connectivity index (χ3v) is 10.5. The fourth-order valence-corrected chi connectivity index (χ4v) is 8.39. The minimum Gasteiger partial charge on any atom is -0.469 e. The average molecular weight is 481 g/mol. The molecule has 0 heterocycles. The highest BCUT2D eigenvalue weighted by Crippen LogP contribution is 2.68. The predicted octanol–water partition coefficient (Wildman–Crippen LogP) is 4.36. The van der Waals surface area contributed by atoms with Crippen LogP contribution in [0.4, 0.5) is 4.79 Å². The van der Waals surface area contributed by atoms with E-state index in [2.05, 4.69) is 13.8 Å². The smallest absolute Gasteiger partial charge is 0.409 e. The molecule has 3 N–H and O–H groups in total. The fourth-order valence-electron chi connectivity index (χ4n) is 8.39. The van der Waals surface area contributed by atoms with Gasteiger partial charge in [0.05, 0.1) is 19.6 Å². The molecule has 7 nitrogen and oxygen atoms in total. The molecule has 34 heavy (non-hydrogen) atoms. The van der Waals surface area contributed by atoms with Crippen molar-refractivity contribution >= 4 is 12.1 Å². The molecule has 0 aromatic heterocycles. The Morgan fingerprint density at radius 1 is 1.03 bits per heavy atom. The van der Waals surface area contributed by atoms with E-state index in [1.807, 2.05) is 13.8 Å². The molecule has 4 fully saturated rings. The van der Waals surface area contributed by atoms with Gasteiger partial charge in [-0.15, -0.1) is 0 Å². The Kier molecular flexibility index (Phi) is 8.28. The van der Waals surface area contributed by atoms with Crippen LogP contribution >= 0.6 is 0 Å². The second-order valence-electron chi connectivity index (χ2n) is 11.5. The lowest BCUT2D eigenvalue weighted by Crippen LogP contribution is -2.66. The molecule has 8 unspecified atom stereocenters. The van der Waals surface area contributed by atoms with Gasteiger partial charge in [0.1, 0.15) is 6.10 Å². The molecule has 4 aliphatic carbocycles. The highest BCUT2D eigenvalue weighted by molar-refractivity contribution is 5.74. The first-order chi connectivity index (χ1) is 16.1. The maximum atomic E-state index is 12.5. The van der Waals surface area contributed by atoms with Crippen LogP contribution in [0.5, 0.6) is 0 Å². The highest BCUT2D eigenvalue weighted by atomic mass is 16.6. The number of nitrogens with two attached hydrogens (primary N) is 1. The van der Waals surface area contributed by atoms with Crippen molar-refractivity contribution in [3.05, 3.63) is 0 Å². The quantitative estimate of drug-likeness (QED) is 0.580. The third kappa shape index (κ3) is 4.25. The summed E-state index contributed by atoms with van der Waals surface area (Å²) in [6.07, 6.45) is 8.50. The van der Waals surface area contributed by atoms with Crippen molar-refractivity contribution in [3.8, 4) is 0 Å². The predicted molar refractivity (Wildman–Crippen MR) is 132 cm³/mol. The van der Waals surface area contributed by atoms with Crippen LogP contribution in [0.2, 0.25) is 0 Å². The highest BCUT2D eigenvalue weighted by Gasteiger charge is 2.67. The molecule has 0 aliphatic heterocycles. The molecule has 4 aliphatic rings. The van der Waals surface area contributed by atoms with Crippen LogP contribution in [-0.4, -0.2) is 61.0 Å². The molecule has 8 atom stereocenters. The number of hydrogen-bond donors (Lipinski definition) is 2. The van der Waals surface area contributed by atoms with Gasteiger partial charge in [-0.3, -0.25) is 4.79 Å². The fraction of sp³-hybridized carbons (Fsp3) is 0.926. The van der Waals surface area contributed by atoms with Crippen molar-refractivity contribution in [3.63, 3.8) is 0 Å². The third-order valence-electron chi connectivity index (χ3n) is 10.5. The second-order valence-corrected chi connectivity index (χ2v) is 11.5. The normalized spacial score (nSPS) is 42.8. The number of nitrogens with zero attached hydrogens (tertiary/aromatic N) is 1. The molecule has 7 heteroatoms. The topological polar surface area (TPSA) is 102 Å². The number of rotatable bonds is 4. The summed E-state index contributed by atoms with van der Waals surface area (Å²) >= 11 is 0. The van der Waals surface area contributed by atoms with Crippen molar-refractivity contribution in [1.29, 1.82) is 0 Å². The van der Waals surface area contributed by atoms with E-state index in [-0.39, 0.29) is 47.1 Å². The molecule has 0 spiro atoms. The van der Waals surface area contributed by atoms with Gasteiger partial charge in [-0.1, -0.05) is 27.7 Å². The van der Waals surface area contributed by atoms with Crippen molar-refractivity contribution in [1.82, 2.24) is 4.90 Å². The summed E-state index contributed by atoms with van der Waals surface area (Å²) in [5.41, 5.74) is 6.98. The van der Waals surface area contributed by atoms with E-state index in [4.69, 9.17) is 20.3 Å². The van der Waals surface area contributed by atoms with E-state index >= 15 is 0 Å². The van der Waals surface area contributed by atoms with E-state index in [9.17, 15) is 9.59 Å². The first kappa shape index (κ1) is 27.3. The number of carbonyl (C=O) groups excluding carboxylic acids is 2. The zero-order valence-corrected chi connectivity index (χ0v) is 22.3. The van der Waals surface area contributed by atoms with E-state index in [0.717, 1.165) is 57.8 Å². The summed E-state index contributed by atoms with van der Waals surface area (Å²) in [6.45, 7) is 8.92. The molecule has 1 amide bonds. The number of fused-ring (bicyclic) bond motifs is 5. The van der Waals surface area contributed by atoms with Crippen molar-refractivity contribution in [2.45, 2.75) is 97.1 Å². The maximum Gasteiger partial charge on any atom is 0.409 e. The number of aliphatic hydroxyl groups is 1. The molecule has 0 saturated heterocycles. The van der Waals surface area contributed by atoms with Gasteiger partial charge in [0.25, 0.3) is 0 Å². The number of carbonyl (C=O) groups is 2. The monoisotopic (exact) mass is 480 g/mol. The van der Waals surface area contributed by atoms with E-state index < -0.39 is 0 Å². The molecule has 4 rings (SSSR count). The first-order valence-electron chi connectivity index (χ1n) is 13.5. The van der Waals surface area contributed by atoms with Crippen LogP contribution < -0.4 is 5.73 Å². The zero-order chi connectivity index (χ0) is 25.3. The van der Waals surface area contributed by atoms with Gasteiger partial charge in [-0.05, 0) is 86.4 Å². The number of amides is 1. The molecular weight excluding hydrogens is 432 g/mol. The van der Waals surface area contributed by atoms with Crippen molar-refractivity contribution < 1.29 is 24.2 Å². The Labute approximate surface area is 206 Å². The largest absolute Gasteiger partial charge is 0.469 e. The van der Waals surface area contributed by atoms with Gasteiger partial charge in [-0.25, -0.2) is 4.79 Å². The number of hydrogen-bond acceptors (Lipinski definition) is 6. The lowest BCUT2D eigenvalue weighted by molar-refractivity contribution is -0.160. The molecule has 0 radical (unpaired) electrons. The summed E-state index contributed by atoms with van der Waals surface area (Å²) in [4.78, 5) is 26.3. The summed E-state index contributed by atoms with van der Waals surface area (Å²) in [5, 5.41) is 9.07. The molecule has 0 aromatic carbocycles. The van der Waals surface area contributed by atoms with E-state index in [1.165, 1.54) is 12.0 Å².